The van der Waals surface area contributed by atoms with Gasteiger partial charge in [0.25, 0.3) is 11.5 Å². The van der Waals surface area contributed by atoms with Gasteiger partial charge in [-0.25, -0.2) is 9.78 Å². The van der Waals surface area contributed by atoms with E-state index in [1.165, 1.54) is 6.92 Å². The summed E-state index contributed by atoms with van der Waals surface area (Å²) >= 11 is 0. The summed E-state index contributed by atoms with van der Waals surface area (Å²) in [5.41, 5.74) is 6.73. The van der Waals surface area contributed by atoms with Crippen molar-refractivity contribution in [3.8, 4) is 0 Å². The van der Waals surface area contributed by atoms with Crippen molar-refractivity contribution >= 4 is 41.2 Å². The largest absolute Gasteiger partial charge is 0.469 e. The van der Waals surface area contributed by atoms with Crippen molar-refractivity contribution in [3.05, 3.63) is 39.4 Å². The molecule has 14 nitrogen and oxygen atoms in total. The predicted molar refractivity (Wildman–Crippen MR) is 124 cm³/mol. The van der Waals surface area contributed by atoms with Gasteiger partial charge in [-0.1, -0.05) is 0 Å². The molecular formula is C21H24F3N7O7. The van der Waals surface area contributed by atoms with Crippen LogP contribution in [0.3, 0.4) is 0 Å². The van der Waals surface area contributed by atoms with Gasteiger partial charge in [0.05, 0.1) is 43.1 Å². The van der Waals surface area contributed by atoms with Crippen LogP contribution in [-0.2, 0) is 36.5 Å². The molecule has 1 atom stereocenters. The van der Waals surface area contributed by atoms with E-state index in [9.17, 15) is 37.1 Å². The van der Waals surface area contributed by atoms with Crippen LogP contribution in [0.5, 0.6) is 0 Å². The molecule has 7 N–H and O–H groups in total. The first-order valence-corrected chi connectivity index (χ1v) is 10.8. The van der Waals surface area contributed by atoms with Crippen LogP contribution in [0, 0.1) is 0 Å². The normalized spacial score (nSPS) is 11.8. The molecule has 0 unspecified atom stereocenters. The highest BCUT2D eigenvalue weighted by Gasteiger charge is 2.38. The number of hydrogen-bond acceptors (Lipinski definition) is 11. The van der Waals surface area contributed by atoms with Crippen LogP contribution in [0.1, 0.15) is 41.4 Å². The van der Waals surface area contributed by atoms with Crippen molar-refractivity contribution in [2.24, 2.45) is 0 Å². The van der Waals surface area contributed by atoms with Gasteiger partial charge >= 0.3 is 18.1 Å². The minimum absolute atomic E-state index is 0.0895. The van der Waals surface area contributed by atoms with Crippen molar-refractivity contribution in [2.45, 2.75) is 38.4 Å². The third kappa shape index (κ3) is 7.90. The number of aromatic amines is 1. The second-order valence-electron chi connectivity index (χ2n) is 7.55. The number of nitrogens with two attached hydrogens (primary N) is 2. The maximum Gasteiger partial charge on any atom is 0.418 e. The van der Waals surface area contributed by atoms with E-state index in [0.717, 1.165) is 13.3 Å². The molecule has 0 aliphatic rings. The van der Waals surface area contributed by atoms with Crippen LogP contribution < -0.4 is 27.7 Å². The summed E-state index contributed by atoms with van der Waals surface area (Å²) in [4.78, 5) is 69.8. The highest BCUT2D eigenvalue weighted by atomic mass is 19.4. The number of nitrogen functional groups attached to an aromatic ring is 2. The number of rotatable bonds is 10. The molecule has 38 heavy (non-hydrogen) atoms. The molecule has 2 heterocycles. The van der Waals surface area contributed by atoms with Gasteiger partial charge in [0.2, 0.25) is 11.9 Å². The van der Waals surface area contributed by atoms with Crippen LogP contribution in [0.25, 0.3) is 0 Å². The number of hydrogen-bond donors (Lipinski definition) is 5. The SMILES string of the molecule is CCOC(=O)[C@H](CCC(=O)OC)NC(=O)c1ncc(NC(=O)Cc2c(N)nc(N)[nH]c2=O)cc1C(F)(F)F. The minimum atomic E-state index is -5.10. The van der Waals surface area contributed by atoms with Gasteiger partial charge in [0.1, 0.15) is 17.6 Å². The number of aromatic nitrogens is 3. The van der Waals surface area contributed by atoms with E-state index in [1.54, 1.807) is 0 Å². The number of pyridine rings is 1. The van der Waals surface area contributed by atoms with Crippen LogP contribution in [0.15, 0.2) is 17.1 Å². The number of alkyl halides is 3. The second-order valence-corrected chi connectivity index (χ2v) is 7.55. The maximum atomic E-state index is 13.8. The molecule has 0 bridgehead atoms. The summed E-state index contributed by atoms with van der Waals surface area (Å²) < 4.78 is 50.6. The average molecular weight is 543 g/mol. The Morgan fingerprint density at radius 2 is 1.89 bits per heavy atom. The molecule has 2 rings (SSSR count). The van der Waals surface area contributed by atoms with Crippen molar-refractivity contribution in [3.63, 3.8) is 0 Å². The van der Waals surface area contributed by atoms with Crippen molar-refractivity contribution < 1.29 is 41.8 Å². The zero-order valence-electron chi connectivity index (χ0n) is 20.1. The van der Waals surface area contributed by atoms with Gasteiger partial charge in [-0.3, -0.25) is 24.2 Å². The van der Waals surface area contributed by atoms with E-state index < -0.39 is 64.9 Å². The topological polar surface area (TPSA) is 221 Å². The van der Waals surface area contributed by atoms with Crippen LogP contribution in [0.2, 0.25) is 0 Å². The van der Waals surface area contributed by atoms with Gasteiger partial charge in [-0.2, -0.15) is 18.2 Å². The predicted octanol–water partition coefficient (Wildman–Crippen LogP) is 0.144. The lowest BCUT2D eigenvalue weighted by Crippen LogP contribution is -2.43. The fourth-order valence-corrected chi connectivity index (χ4v) is 3.08. The number of esters is 2. The molecule has 206 valence electrons. The molecule has 0 aliphatic heterocycles. The summed E-state index contributed by atoms with van der Waals surface area (Å²) in [6.45, 7) is 1.38. The van der Waals surface area contributed by atoms with E-state index in [4.69, 9.17) is 16.2 Å². The fourth-order valence-electron chi connectivity index (χ4n) is 3.08. The Hall–Kier alpha value is -4.70. The molecule has 17 heteroatoms. The van der Waals surface area contributed by atoms with E-state index in [2.05, 4.69) is 30.3 Å². The lowest BCUT2D eigenvalue weighted by atomic mass is 10.1. The number of carbonyl (C=O) groups is 4. The number of nitrogens with one attached hydrogen (secondary N) is 3. The molecule has 2 amide bonds. The Bertz CT molecular complexity index is 1280. The lowest BCUT2D eigenvalue weighted by Gasteiger charge is -2.18. The van der Waals surface area contributed by atoms with Crippen molar-refractivity contribution in [1.82, 2.24) is 20.3 Å². The first-order chi connectivity index (χ1) is 17.8. The van der Waals surface area contributed by atoms with Gasteiger partial charge in [-0.05, 0) is 19.4 Å². The summed E-state index contributed by atoms with van der Waals surface area (Å²) in [7, 11) is 1.10. The number of amides is 2. The molecule has 0 aliphatic carbocycles. The Morgan fingerprint density at radius 3 is 2.47 bits per heavy atom. The first kappa shape index (κ1) is 29.5. The quantitative estimate of drug-likeness (QED) is 0.254. The highest BCUT2D eigenvalue weighted by Crippen LogP contribution is 2.33. The number of anilines is 3. The Balaban J connectivity index is 2.28. The molecule has 0 saturated heterocycles. The monoisotopic (exact) mass is 543 g/mol. The summed E-state index contributed by atoms with van der Waals surface area (Å²) in [5.74, 6) is -4.66. The van der Waals surface area contributed by atoms with E-state index >= 15 is 0 Å². The lowest BCUT2D eigenvalue weighted by molar-refractivity contribution is -0.146. The van der Waals surface area contributed by atoms with Gasteiger partial charge in [-0.15, -0.1) is 0 Å². The van der Waals surface area contributed by atoms with E-state index in [0.29, 0.717) is 6.07 Å². The molecule has 2 aromatic heterocycles. The molecule has 0 aromatic carbocycles. The number of H-pyrrole nitrogens is 1. The maximum absolute atomic E-state index is 13.8. The number of halogens is 3. The van der Waals surface area contributed by atoms with E-state index in [1.807, 2.05) is 0 Å². The molecule has 0 fully saturated rings. The summed E-state index contributed by atoms with van der Waals surface area (Å²) in [5, 5.41) is 4.21. The third-order valence-electron chi connectivity index (χ3n) is 4.84. The zero-order valence-corrected chi connectivity index (χ0v) is 20.1. The van der Waals surface area contributed by atoms with Crippen LogP contribution in [0.4, 0.5) is 30.6 Å². The molecule has 0 saturated carbocycles. The summed E-state index contributed by atoms with van der Waals surface area (Å²) in [6.07, 6.45) is -5.63. The standard InChI is InChI=1S/C21H24F3N7O7/c1-3-38-19(36)12(4-5-14(33)37-2)29-18(35)15-11(21(22,23)24)6-9(8-27-15)28-13(32)7-10-16(25)30-20(26)31-17(10)34/h6,8,12H,3-5,7H2,1-2H3,(H,28,32)(H,29,35)(H5,25,26,30,31,34)/t12-/m0/s1. The third-order valence-corrected chi connectivity index (χ3v) is 4.84. The Labute approximate surface area is 212 Å². The van der Waals surface area contributed by atoms with E-state index in [-0.39, 0.29) is 36.8 Å². The first-order valence-electron chi connectivity index (χ1n) is 10.8. The molecule has 0 spiro atoms. The Morgan fingerprint density at radius 1 is 1.21 bits per heavy atom. The fraction of sp³-hybridized carbons (Fsp3) is 0.381. The highest BCUT2D eigenvalue weighted by molar-refractivity contribution is 5.98. The van der Waals surface area contributed by atoms with Gasteiger partial charge < -0.3 is 31.6 Å². The molecule has 0 radical (unpaired) electrons. The van der Waals surface area contributed by atoms with Crippen molar-refractivity contribution in [1.29, 1.82) is 0 Å². The van der Waals surface area contributed by atoms with Crippen LogP contribution >= 0.6 is 0 Å². The smallest absolute Gasteiger partial charge is 0.418 e. The number of carbonyl (C=O) groups excluding carboxylic acids is 4. The average Bonchev–Trinajstić information content (AvgIpc) is 2.83. The zero-order chi connectivity index (χ0) is 28.6. The number of nitrogens with zero attached hydrogens (tertiary/aromatic N) is 2. The summed E-state index contributed by atoms with van der Waals surface area (Å²) in [6, 6.07) is -1.02. The molecular weight excluding hydrogens is 519 g/mol. The minimum Gasteiger partial charge on any atom is -0.469 e. The van der Waals surface area contributed by atoms with Crippen LogP contribution in [-0.4, -0.2) is 58.5 Å². The number of methoxy groups -OCH3 is 1. The second kappa shape index (κ2) is 12.5. The number of ether oxygens (including phenoxy) is 2. The van der Waals surface area contributed by atoms with Gasteiger partial charge in [0, 0.05) is 6.42 Å². The Kier molecular flexibility index (Phi) is 9.72. The van der Waals surface area contributed by atoms with Crippen molar-refractivity contribution in [2.75, 3.05) is 30.5 Å². The molecule has 2 aromatic rings. The van der Waals surface area contributed by atoms with Gasteiger partial charge in [0.15, 0.2) is 0 Å².